The van der Waals surface area contributed by atoms with Crippen LogP contribution in [0.1, 0.15) is 24.8 Å². The van der Waals surface area contributed by atoms with Crippen molar-refractivity contribution >= 4 is 5.91 Å². The van der Waals surface area contributed by atoms with E-state index in [0.717, 1.165) is 12.0 Å². The van der Waals surface area contributed by atoms with Gasteiger partial charge in [-0.1, -0.05) is 37.3 Å². The van der Waals surface area contributed by atoms with E-state index in [1.807, 2.05) is 37.3 Å². The predicted octanol–water partition coefficient (Wildman–Crippen LogP) is 1.26. The fraction of sp³-hybridized carbons (Fsp3) is 0.417. The molecule has 3 N–H and O–H groups in total. The van der Waals surface area contributed by atoms with Crippen LogP contribution in [0.15, 0.2) is 30.3 Å². The maximum atomic E-state index is 11.8. The van der Waals surface area contributed by atoms with Gasteiger partial charge in [0.25, 0.3) is 0 Å². The number of nitrogens with one attached hydrogen (secondary N) is 1. The first-order chi connectivity index (χ1) is 7.29. The molecule has 1 aromatic rings. The van der Waals surface area contributed by atoms with E-state index in [1.165, 1.54) is 0 Å². The Morgan fingerprint density at radius 1 is 1.40 bits per heavy atom. The molecule has 1 amide bonds. The Hall–Kier alpha value is -1.35. The molecule has 0 heterocycles. The van der Waals surface area contributed by atoms with Crippen LogP contribution < -0.4 is 11.1 Å². The summed E-state index contributed by atoms with van der Waals surface area (Å²) in [6, 6.07) is 9.82. The van der Waals surface area contributed by atoms with Gasteiger partial charge in [-0.05, 0) is 12.0 Å². The van der Waals surface area contributed by atoms with E-state index in [-0.39, 0.29) is 11.8 Å². The predicted molar refractivity (Wildman–Crippen MR) is 61.5 cm³/mol. The van der Waals surface area contributed by atoms with E-state index in [1.54, 1.807) is 0 Å². The zero-order chi connectivity index (χ0) is 11.1. The maximum absolute atomic E-state index is 11.8. The highest BCUT2D eigenvalue weighted by molar-refractivity contribution is 5.83. The summed E-state index contributed by atoms with van der Waals surface area (Å²) in [5, 5.41) is 2.82. The Bertz CT molecular complexity index is 298. The normalized spacial score (nSPS) is 12.1. The van der Waals surface area contributed by atoms with Crippen molar-refractivity contribution in [3.8, 4) is 0 Å². The van der Waals surface area contributed by atoms with E-state index in [9.17, 15) is 4.79 Å². The molecule has 1 aromatic carbocycles. The van der Waals surface area contributed by atoms with Gasteiger partial charge in [0.05, 0.1) is 5.92 Å². The van der Waals surface area contributed by atoms with Gasteiger partial charge < -0.3 is 11.1 Å². The van der Waals surface area contributed by atoms with Gasteiger partial charge in [0, 0.05) is 13.1 Å². The van der Waals surface area contributed by atoms with Gasteiger partial charge in [-0.3, -0.25) is 4.79 Å². The first-order valence-electron chi connectivity index (χ1n) is 5.32. The van der Waals surface area contributed by atoms with Crippen LogP contribution in [0.25, 0.3) is 0 Å². The largest absolute Gasteiger partial charge is 0.354 e. The first-order valence-corrected chi connectivity index (χ1v) is 5.32. The number of hydrogen-bond acceptors (Lipinski definition) is 2. The monoisotopic (exact) mass is 206 g/mol. The summed E-state index contributed by atoms with van der Waals surface area (Å²) in [7, 11) is 0. The van der Waals surface area contributed by atoms with Crippen molar-refractivity contribution in [2.75, 3.05) is 13.1 Å². The second-order valence-corrected chi connectivity index (χ2v) is 3.45. The number of hydrogen-bond donors (Lipinski definition) is 2. The van der Waals surface area contributed by atoms with Crippen LogP contribution in [-0.2, 0) is 4.79 Å². The van der Waals surface area contributed by atoms with Gasteiger partial charge in [-0.25, -0.2) is 0 Å². The zero-order valence-electron chi connectivity index (χ0n) is 9.07. The van der Waals surface area contributed by atoms with Gasteiger partial charge in [0.2, 0.25) is 5.91 Å². The molecule has 0 radical (unpaired) electrons. The molecule has 1 unspecified atom stereocenters. The average Bonchev–Trinajstić information content (AvgIpc) is 2.29. The fourth-order valence-electron chi connectivity index (χ4n) is 1.58. The Balaban J connectivity index is 2.67. The van der Waals surface area contributed by atoms with Crippen molar-refractivity contribution in [1.29, 1.82) is 0 Å². The third-order valence-corrected chi connectivity index (χ3v) is 2.37. The quantitative estimate of drug-likeness (QED) is 0.762. The molecule has 0 aliphatic heterocycles. The van der Waals surface area contributed by atoms with E-state index in [2.05, 4.69) is 5.32 Å². The van der Waals surface area contributed by atoms with Crippen molar-refractivity contribution in [2.24, 2.45) is 5.73 Å². The van der Waals surface area contributed by atoms with Crippen LogP contribution in [0.3, 0.4) is 0 Å². The van der Waals surface area contributed by atoms with Crippen LogP contribution in [0.4, 0.5) is 0 Å². The minimum atomic E-state index is -0.0576. The summed E-state index contributed by atoms with van der Waals surface area (Å²) in [6.07, 6.45) is 0.806. The Kier molecular flexibility index (Phi) is 4.84. The molecule has 0 spiro atoms. The standard InChI is InChI=1S/C12H18N2O/c1-2-11(12(15)14-9-8-13)10-6-4-3-5-7-10/h3-7,11H,2,8-9,13H2,1H3,(H,14,15). The molecule has 0 fully saturated rings. The molecule has 0 saturated carbocycles. The first kappa shape index (κ1) is 11.7. The highest BCUT2D eigenvalue weighted by Gasteiger charge is 2.17. The highest BCUT2D eigenvalue weighted by atomic mass is 16.1. The molecule has 3 heteroatoms. The Morgan fingerprint density at radius 3 is 2.60 bits per heavy atom. The molecule has 1 rings (SSSR count). The summed E-state index contributed by atoms with van der Waals surface area (Å²) in [4.78, 5) is 11.8. The van der Waals surface area contributed by atoms with Crippen LogP contribution in [0.2, 0.25) is 0 Å². The molecular formula is C12H18N2O. The number of benzene rings is 1. The highest BCUT2D eigenvalue weighted by Crippen LogP contribution is 2.18. The van der Waals surface area contributed by atoms with Crippen LogP contribution >= 0.6 is 0 Å². The van der Waals surface area contributed by atoms with Gasteiger partial charge >= 0.3 is 0 Å². The van der Waals surface area contributed by atoms with Gasteiger partial charge in [-0.2, -0.15) is 0 Å². The van der Waals surface area contributed by atoms with Crippen LogP contribution in [-0.4, -0.2) is 19.0 Å². The smallest absolute Gasteiger partial charge is 0.227 e. The second kappa shape index (κ2) is 6.19. The van der Waals surface area contributed by atoms with Gasteiger partial charge in [-0.15, -0.1) is 0 Å². The van der Waals surface area contributed by atoms with Crippen molar-refractivity contribution < 1.29 is 4.79 Å². The molecule has 15 heavy (non-hydrogen) atoms. The Labute approximate surface area is 90.7 Å². The molecular weight excluding hydrogens is 188 g/mol. The molecule has 3 nitrogen and oxygen atoms in total. The van der Waals surface area contributed by atoms with Crippen molar-refractivity contribution in [3.05, 3.63) is 35.9 Å². The van der Waals surface area contributed by atoms with Crippen LogP contribution in [0, 0.1) is 0 Å². The van der Waals surface area contributed by atoms with Gasteiger partial charge in [0.1, 0.15) is 0 Å². The fourth-order valence-corrected chi connectivity index (χ4v) is 1.58. The number of carbonyl (C=O) groups excluding carboxylic acids is 1. The van der Waals surface area contributed by atoms with Crippen molar-refractivity contribution in [2.45, 2.75) is 19.3 Å². The molecule has 0 bridgehead atoms. The minimum Gasteiger partial charge on any atom is -0.354 e. The zero-order valence-corrected chi connectivity index (χ0v) is 9.07. The molecule has 0 aliphatic carbocycles. The lowest BCUT2D eigenvalue weighted by Gasteiger charge is -2.14. The summed E-state index contributed by atoms with van der Waals surface area (Å²) in [5.41, 5.74) is 6.41. The van der Waals surface area contributed by atoms with E-state index in [4.69, 9.17) is 5.73 Å². The molecule has 0 aliphatic rings. The van der Waals surface area contributed by atoms with Crippen molar-refractivity contribution in [1.82, 2.24) is 5.32 Å². The Morgan fingerprint density at radius 2 is 2.07 bits per heavy atom. The van der Waals surface area contributed by atoms with E-state index >= 15 is 0 Å². The average molecular weight is 206 g/mol. The maximum Gasteiger partial charge on any atom is 0.227 e. The third-order valence-electron chi connectivity index (χ3n) is 2.37. The van der Waals surface area contributed by atoms with Gasteiger partial charge in [0.15, 0.2) is 0 Å². The molecule has 82 valence electrons. The molecule has 0 aromatic heterocycles. The molecule has 0 saturated heterocycles. The number of amides is 1. The minimum absolute atomic E-state index is 0.0576. The van der Waals surface area contributed by atoms with E-state index in [0.29, 0.717) is 13.1 Å². The molecule has 1 atom stereocenters. The summed E-state index contributed by atoms with van der Waals surface area (Å²) >= 11 is 0. The lowest BCUT2D eigenvalue weighted by molar-refractivity contribution is -0.122. The van der Waals surface area contributed by atoms with Crippen molar-refractivity contribution in [3.63, 3.8) is 0 Å². The number of nitrogens with two attached hydrogens (primary N) is 1. The lowest BCUT2D eigenvalue weighted by Crippen LogP contribution is -2.33. The summed E-state index contributed by atoms with van der Waals surface area (Å²) in [6.45, 7) is 3.04. The summed E-state index contributed by atoms with van der Waals surface area (Å²) in [5.74, 6) is 0.00639. The third kappa shape index (κ3) is 3.36. The van der Waals surface area contributed by atoms with E-state index < -0.39 is 0 Å². The topological polar surface area (TPSA) is 55.1 Å². The SMILES string of the molecule is CCC(C(=O)NCCN)c1ccccc1. The second-order valence-electron chi connectivity index (χ2n) is 3.45. The number of rotatable bonds is 5. The number of carbonyl (C=O) groups is 1. The summed E-state index contributed by atoms with van der Waals surface area (Å²) < 4.78 is 0. The lowest BCUT2D eigenvalue weighted by atomic mass is 9.96. The van der Waals surface area contributed by atoms with Crippen LogP contribution in [0.5, 0.6) is 0 Å².